The number of hydrogen-bond acceptors (Lipinski definition) is 6. The maximum atomic E-state index is 12.9. The molecule has 6 heteroatoms. The molecule has 69 heavy (non-hydrogen) atoms. The van der Waals surface area contributed by atoms with Gasteiger partial charge in [0.1, 0.15) is 13.2 Å². The first-order chi connectivity index (χ1) is 33.7. The van der Waals surface area contributed by atoms with Crippen LogP contribution >= 0.6 is 0 Å². The fourth-order valence-electron chi connectivity index (χ4n) is 9.76. The van der Waals surface area contributed by atoms with Gasteiger partial charge in [0.2, 0.25) is 0 Å². The molecule has 0 aliphatic carbocycles. The van der Waals surface area contributed by atoms with Gasteiger partial charge < -0.3 is 14.2 Å². The summed E-state index contributed by atoms with van der Waals surface area (Å²) in [5, 5.41) is 0. The van der Waals surface area contributed by atoms with Crippen LogP contribution in [0.5, 0.6) is 0 Å². The van der Waals surface area contributed by atoms with Crippen LogP contribution in [0.1, 0.15) is 356 Å². The summed E-state index contributed by atoms with van der Waals surface area (Å²) in [5.74, 6) is 0.864. The molecule has 0 heterocycles. The van der Waals surface area contributed by atoms with Crippen molar-refractivity contribution >= 4 is 17.9 Å². The zero-order valence-electron chi connectivity index (χ0n) is 47.5. The monoisotopic (exact) mass is 975 g/mol. The fourth-order valence-corrected chi connectivity index (χ4v) is 9.76. The molecule has 1 atom stereocenters. The van der Waals surface area contributed by atoms with Gasteiger partial charge in [-0.2, -0.15) is 0 Å². The molecule has 0 aromatic heterocycles. The van der Waals surface area contributed by atoms with E-state index in [0.717, 1.165) is 69.6 Å². The first kappa shape index (κ1) is 67.4. The van der Waals surface area contributed by atoms with Crippen molar-refractivity contribution in [1.82, 2.24) is 0 Å². The summed E-state index contributed by atoms with van der Waals surface area (Å²) in [6, 6.07) is 0. The van der Waals surface area contributed by atoms with E-state index in [1.54, 1.807) is 0 Å². The van der Waals surface area contributed by atoms with Gasteiger partial charge in [-0.3, -0.25) is 14.4 Å². The number of carbonyl (C=O) groups excluding carboxylic acids is 3. The van der Waals surface area contributed by atoms with Gasteiger partial charge in [-0.25, -0.2) is 0 Å². The molecule has 410 valence electrons. The first-order valence-electron chi connectivity index (χ1n) is 31.2. The van der Waals surface area contributed by atoms with E-state index in [0.29, 0.717) is 19.3 Å². The quantitative estimate of drug-likeness (QED) is 0.0343. The van der Waals surface area contributed by atoms with E-state index >= 15 is 0 Å². The Hall–Kier alpha value is -1.59. The van der Waals surface area contributed by atoms with Crippen molar-refractivity contribution in [2.75, 3.05) is 13.2 Å². The van der Waals surface area contributed by atoms with Crippen LogP contribution in [-0.4, -0.2) is 37.2 Å². The second kappa shape index (κ2) is 55.7. The van der Waals surface area contributed by atoms with Gasteiger partial charge in [0.15, 0.2) is 6.10 Å². The first-order valence-corrected chi connectivity index (χ1v) is 31.2. The number of esters is 3. The largest absolute Gasteiger partial charge is 0.462 e. The van der Waals surface area contributed by atoms with Gasteiger partial charge in [-0.05, 0) is 31.1 Å². The maximum Gasteiger partial charge on any atom is 0.306 e. The van der Waals surface area contributed by atoms with E-state index in [1.165, 1.54) is 244 Å². The third-order valence-electron chi connectivity index (χ3n) is 14.5. The lowest BCUT2D eigenvalue weighted by molar-refractivity contribution is -0.167. The van der Waals surface area contributed by atoms with Crippen LogP contribution in [0.25, 0.3) is 0 Å². The van der Waals surface area contributed by atoms with E-state index < -0.39 is 6.10 Å². The zero-order chi connectivity index (χ0) is 50.4. The van der Waals surface area contributed by atoms with E-state index in [2.05, 4.69) is 34.6 Å². The number of ether oxygens (including phenoxy) is 3. The smallest absolute Gasteiger partial charge is 0.306 e. The standard InChI is InChI=1S/C63H122O6/c1-6-7-8-9-10-11-12-13-23-28-33-38-43-48-53-61(64)67-56-60(69-63(66)55-50-45-40-35-30-25-20-22-27-32-37-42-47-52-59(4)5)57-68-62(65)54-49-44-39-34-29-24-19-17-15-14-16-18-21-26-31-36-41-46-51-58(2)3/h58-60H,6-57H2,1-5H3/t60-/m1/s1. The van der Waals surface area contributed by atoms with Crippen molar-refractivity contribution in [3.8, 4) is 0 Å². The van der Waals surface area contributed by atoms with Crippen LogP contribution in [0, 0.1) is 11.8 Å². The van der Waals surface area contributed by atoms with Crippen LogP contribution in [0.15, 0.2) is 0 Å². The van der Waals surface area contributed by atoms with Crippen molar-refractivity contribution in [3.05, 3.63) is 0 Å². The molecule has 0 aromatic rings. The predicted octanol–water partition coefficient (Wildman–Crippen LogP) is 20.8. The van der Waals surface area contributed by atoms with Crippen molar-refractivity contribution in [3.63, 3.8) is 0 Å². The lowest BCUT2D eigenvalue weighted by atomic mass is 10.0. The number of carbonyl (C=O) groups is 3. The molecule has 0 radical (unpaired) electrons. The summed E-state index contributed by atoms with van der Waals surface area (Å²) >= 11 is 0. The average molecular weight is 976 g/mol. The second-order valence-electron chi connectivity index (χ2n) is 22.6. The van der Waals surface area contributed by atoms with Crippen LogP contribution in [-0.2, 0) is 28.6 Å². The molecule has 0 aliphatic heterocycles. The molecule has 0 spiro atoms. The molecule has 0 amide bonds. The summed E-state index contributed by atoms with van der Waals surface area (Å²) in [6.07, 6.45) is 61.0. The molecular formula is C63H122O6. The number of rotatable bonds is 57. The van der Waals surface area contributed by atoms with Gasteiger partial charge in [0, 0.05) is 19.3 Å². The maximum absolute atomic E-state index is 12.9. The van der Waals surface area contributed by atoms with Crippen LogP contribution in [0.2, 0.25) is 0 Å². The lowest BCUT2D eigenvalue weighted by Crippen LogP contribution is -2.30. The third kappa shape index (κ3) is 57.2. The van der Waals surface area contributed by atoms with E-state index in [9.17, 15) is 14.4 Å². The normalized spacial score (nSPS) is 12.0. The molecule has 0 aromatic carbocycles. The van der Waals surface area contributed by atoms with Crippen LogP contribution in [0.3, 0.4) is 0 Å². The highest BCUT2D eigenvalue weighted by Crippen LogP contribution is 2.19. The van der Waals surface area contributed by atoms with Crippen molar-refractivity contribution in [2.24, 2.45) is 11.8 Å². The van der Waals surface area contributed by atoms with Gasteiger partial charge >= 0.3 is 17.9 Å². The number of unbranched alkanes of at least 4 members (excludes halogenated alkanes) is 42. The summed E-state index contributed by atoms with van der Waals surface area (Å²) < 4.78 is 16.9. The van der Waals surface area contributed by atoms with E-state index in [1.807, 2.05) is 0 Å². The van der Waals surface area contributed by atoms with Crippen molar-refractivity contribution in [1.29, 1.82) is 0 Å². The predicted molar refractivity (Wildman–Crippen MR) is 298 cm³/mol. The molecule has 6 nitrogen and oxygen atoms in total. The molecule has 0 N–H and O–H groups in total. The Labute approximate surface area is 431 Å². The van der Waals surface area contributed by atoms with Crippen molar-refractivity contribution < 1.29 is 28.6 Å². The molecule has 0 aliphatic rings. The minimum Gasteiger partial charge on any atom is -0.462 e. The molecular weight excluding hydrogens is 853 g/mol. The Morgan fingerprint density at radius 2 is 0.478 bits per heavy atom. The molecule has 0 unspecified atom stereocenters. The van der Waals surface area contributed by atoms with Gasteiger partial charge in [-0.15, -0.1) is 0 Å². The zero-order valence-corrected chi connectivity index (χ0v) is 47.5. The highest BCUT2D eigenvalue weighted by Gasteiger charge is 2.19. The Bertz CT molecular complexity index is 1060. The Morgan fingerprint density at radius 1 is 0.275 bits per heavy atom. The molecule has 0 fully saturated rings. The number of hydrogen-bond donors (Lipinski definition) is 0. The summed E-state index contributed by atoms with van der Waals surface area (Å²) in [7, 11) is 0. The summed E-state index contributed by atoms with van der Waals surface area (Å²) in [4.78, 5) is 38.2. The van der Waals surface area contributed by atoms with E-state index in [-0.39, 0.29) is 31.1 Å². The summed E-state index contributed by atoms with van der Waals surface area (Å²) in [5.41, 5.74) is 0. The van der Waals surface area contributed by atoms with Gasteiger partial charge in [-0.1, -0.05) is 317 Å². The minimum absolute atomic E-state index is 0.0620. The average Bonchev–Trinajstić information content (AvgIpc) is 3.32. The highest BCUT2D eigenvalue weighted by molar-refractivity contribution is 5.71. The minimum atomic E-state index is -0.763. The summed E-state index contributed by atoms with van der Waals surface area (Å²) in [6.45, 7) is 11.4. The highest BCUT2D eigenvalue weighted by atomic mass is 16.6. The SMILES string of the molecule is CCCCCCCCCCCCCCCCC(=O)OC[C@H](COC(=O)CCCCCCCCCCCCCCCCCCCCC(C)C)OC(=O)CCCCCCCCCCCCCCCC(C)C. The van der Waals surface area contributed by atoms with E-state index in [4.69, 9.17) is 14.2 Å². The molecule has 0 rings (SSSR count). The molecule has 0 saturated carbocycles. The topological polar surface area (TPSA) is 78.9 Å². The fraction of sp³-hybridized carbons (Fsp3) is 0.952. The van der Waals surface area contributed by atoms with Crippen molar-refractivity contribution in [2.45, 2.75) is 362 Å². The van der Waals surface area contributed by atoms with Gasteiger partial charge in [0.25, 0.3) is 0 Å². The van der Waals surface area contributed by atoms with Crippen LogP contribution in [0.4, 0.5) is 0 Å². The van der Waals surface area contributed by atoms with Gasteiger partial charge in [0.05, 0.1) is 0 Å². The Morgan fingerprint density at radius 3 is 0.710 bits per heavy atom. The Kier molecular flexibility index (Phi) is 54.4. The molecule has 0 bridgehead atoms. The second-order valence-corrected chi connectivity index (χ2v) is 22.6. The molecule has 0 saturated heterocycles. The Balaban J connectivity index is 4.26. The third-order valence-corrected chi connectivity index (χ3v) is 14.5. The lowest BCUT2D eigenvalue weighted by Gasteiger charge is -2.18. The van der Waals surface area contributed by atoms with Crippen LogP contribution < -0.4 is 0 Å².